The highest BCUT2D eigenvalue weighted by Crippen LogP contribution is 2.41. The summed E-state index contributed by atoms with van der Waals surface area (Å²) in [5.74, 6) is 0.596. The molecule has 5 aromatic rings. The molecule has 1 aromatic heterocycles. The van der Waals surface area contributed by atoms with Crippen LogP contribution in [-0.4, -0.2) is 12.1 Å². The Hall–Kier alpha value is -3.56. The SMILES string of the molecule is CO/C=C/c1c(Cl)cc2ccccc2c1-c1cccc2oc(-c3ccccc3)nc12. The summed E-state index contributed by atoms with van der Waals surface area (Å²) in [5.41, 5.74) is 5.33. The predicted molar refractivity (Wildman–Crippen MR) is 123 cm³/mol. The van der Waals surface area contributed by atoms with E-state index < -0.39 is 0 Å². The highest BCUT2D eigenvalue weighted by molar-refractivity contribution is 6.34. The average Bonchev–Trinajstić information content (AvgIpc) is 3.23. The highest BCUT2D eigenvalue weighted by atomic mass is 35.5. The van der Waals surface area contributed by atoms with Crippen molar-refractivity contribution in [2.45, 2.75) is 0 Å². The van der Waals surface area contributed by atoms with Gasteiger partial charge < -0.3 is 9.15 Å². The molecule has 0 N–H and O–H groups in total. The summed E-state index contributed by atoms with van der Waals surface area (Å²) in [4.78, 5) is 4.85. The van der Waals surface area contributed by atoms with Crippen LogP contribution in [0.2, 0.25) is 5.02 Å². The summed E-state index contributed by atoms with van der Waals surface area (Å²) in [7, 11) is 1.62. The molecule has 0 saturated heterocycles. The number of oxazole rings is 1. The van der Waals surface area contributed by atoms with Crippen LogP contribution in [0, 0.1) is 0 Å². The van der Waals surface area contributed by atoms with Gasteiger partial charge in [0.15, 0.2) is 5.58 Å². The molecule has 0 aliphatic heterocycles. The molecule has 3 nitrogen and oxygen atoms in total. The maximum Gasteiger partial charge on any atom is 0.227 e. The van der Waals surface area contributed by atoms with E-state index in [1.165, 1.54) is 0 Å². The Labute approximate surface area is 179 Å². The smallest absolute Gasteiger partial charge is 0.227 e. The quantitative estimate of drug-likeness (QED) is 0.286. The normalized spacial score (nSPS) is 11.5. The Bertz CT molecular complexity index is 1390. The van der Waals surface area contributed by atoms with E-state index >= 15 is 0 Å². The lowest BCUT2D eigenvalue weighted by Crippen LogP contribution is -1.90. The third kappa shape index (κ3) is 3.14. The van der Waals surface area contributed by atoms with E-state index in [1.54, 1.807) is 13.4 Å². The zero-order chi connectivity index (χ0) is 20.5. The Morgan fingerprint density at radius 2 is 1.73 bits per heavy atom. The maximum absolute atomic E-state index is 6.70. The Morgan fingerprint density at radius 1 is 0.933 bits per heavy atom. The lowest BCUT2D eigenvalue weighted by Gasteiger charge is -2.13. The minimum Gasteiger partial charge on any atom is -0.504 e. The van der Waals surface area contributed by atoms with E-state index in [-0.39, 0.29) is 0 Å². The number of halogens is 1. The van der Waals surface area contributed by atoms with Crippen LogP contribution in [0.5, 0.6) is 0 Å². The number of hydrogen-bond donors (Lipinski definition) is 0. The van der Waals surface area contributed by atoms with Gasteiger partial charge in [-0.2, -0.15) is 0 Å². The van der Waals surface area contributed by atoms with Crippen molar-refractivity contribution in [2.75, 3.05) is 7.11 Å². The van der Waals surface area contributed by atoms with Crippen LogP contribution in [0.15, 0.2) is 89.5 Å². The van der Waals surface area contributed by atoms with E-state index in [9.17, 15) is 0 Å². The molecule has 4 aromatic carbocycles. The van der Waals surface area contributed by atoms with Crippen molar-refractivity contribution < 1.29 is 9.15 Å². The average molecular weight is 412 g/mol. The van der Waals surface area contributed by atoms with Gasteiger partial charge in [-0.1, -0.05) is 66.2 Å². The standard InChI is InChI=1S/C26H18ClNO2/c1-29-15-14-20-22(27)16-18-10-5-6-11-19(18)24(20)21-12-7-13-23-25(21)28-26(30-23)17-8-3-2-4-9-17/h2-16H,1H3/b15-14+. The number of methoxy groups -OCH3 is 1. The number of nitrogens with zero attached hydrogens (tertiary/aromatic N) is 1. The molecule has 0 amide bonds. The Kier molecular flexibility index (Phi) is 4.74. The van der Waals surface area contributed by atoms with E-state index in [2.05, 4.69) is 18.2 Å². The molecular formula is C26H18ClNO2. The van der Waals surface area contributed by atoms with Crippen LogP contribution in [-0.2, 0) is 4.74 Å². The number of hydrogen-bond acceptors (Lipinski definition) is 3. The zero-order valence-electron chi connectivity index (χ0n) is 16.3. The minimum atomic E-state index is 0.596. The summed E-state index contributed by atoms with van der Waals surface area (Å²) in [6.07, 6.45) is 3.53. The van der Waals surface area contributed by atoms with Gasteiger partial charge in [0.1, 0.15) is 5.52 Å². The van der Waals surface area contributed by atoms with E-state index in [4.69, 9.17) is 25.7 Å². The molecule has 0 aliphatic carbocycles. The second-order valence-corrected chi connectivity index (χ2v) is 7.35. The van der Waals surface area contributed by atoms with Crippen LogP contribution >= 0.6 is 11.6 Å². The summed E-state index contributed by atoms with van der Waals surface area (Å²) in [6, 6.07) is 26.1. The van der Waals surface area contributed by atoms with Gasteiger partial charge >= 0.3 is 0 Å². The molecule has 5 rings (SSSR count). The van der Waals surface area contributed by atoms with Crippen LogP contribution in [0.1, 0.15) is 5.56 Å². The molecule has 0 saturated carbocycles. The van der Waals surface area contributed by atoms with Crippen LogP contribution in [0.25, 0.3) is 50.5 Å². The molecule has 0 aliphatic rings. The van der Waals surface area contributed by atoms with Gasteiger partial charge in [-0.3, -0.25) is 0 Å². The predicted octanol–water partition coefficient (Wildman–Crippen LogP) is 7.59. The first kappa shape index (κ1) is 18.5. The van der Waals surface area contributed by atoms with Crippen molar-refractivity contribution >= 4 is 39.5 Å². The van der Waals surface area contributed by atoms with E-state index in [0.29, 0.717) is 10.9 Å². The number of aromatic nitrogens is 1. The number of para-hydroxylation sites is 1. The minimum absolute atomic E-state index is 0.596. The molecule has 0 unspecified atom stereocenters. The summed E-state index contributed by atoms with van der Waals surface area (Å²) in [6.45, 7) is 0. The van der Waals surface area contributed by atoms with Gasteiger partial charge in [-0.25, -0.2) is 4.98 Å². The molecule has 0 atom stereocenters. The first-order chi connectivity index (χ1) is 14.8. The largest absolute Gasteiger partial charge is 0.504 e. The first-order valence-electron chi connectivity index (χ1n) is 9.62. The van der Waals surface area contributed by atoms with Crippen LogP contribution in [0.4, 0.5) is 0 Å². The van der Waals surface area contributed by atoms with Gasteiger partial charge in [0.05, 0.1) is 13.4 Å². The molecule has 0 radical (unpaired) electrons. The molecule has 1 heterocycles. The van der Waals surface area contributed by atoms with Crippen molar-refractivity contribution in [1.82, 2.24) is 4.98 Å². The monoisotopic (exact) mass is 411 g/mol. The zero-order valence-corrected chi connectivity index (χ0v) is 17.1. The van der Waals surface area contributed by atoms with Crippen LogP contribution in [0.3, 0.4) is 0 Å². The second kappa shape index (κ2) is 7.69. The van der Waals surface area contributed by atoms with Gasteiger partial charge in [0.25, 0.3) is 0 Å². The highest BCUT2D eigenvalue weighted by Gasteiger charge is 2.18. The second-order valence-electron chi connectivity index (χ2n) is 6.94. The van der Waals surface area contributed by atoms with Gasteiger partial charge in [-0.05, 0) is 41.1 Å². The van der Waals surface area contributed by atoms with E-state index in [1.807, 2.05) is 66.7 Å². The first-order valence-corrected chi connectivity index (χ1v) is 10.00. The molecular weight excluding hydrogens is 394 g/mol. The van der Waals surface area contributed by atoms with E-state index in [0.717, 1.165) is 44.1 Å². The maximum atomic E-state index is 6.70. The molecule has 4 heteroatoms. The Morgan fingerprint density at radius 3 is 2.57 bits per heavy atom. The molecule has 30 heavy (non-hydrogen) atoms. The van der Waals surface area contributed by atoms with Crippen molar-refractivity contribution in [3.8, 4) is 22.6 Å². The summed E-state index contributed by atoms with van der Waals surface area (Å²) < 4.78 is 11.3. The van der Waals surface area contributed by atoms with Gasteiger partial charge in [-0.15, -0.1) is 0 Å². The fraction of sp³-hybridized carbons (Fsp3) is 0.0385. The molecule has 0 bridgehead atoms. The van der Waals surface area contributed by atoms with Gasteiger partial charge in [0, 0.05) is 27.3 Å². The number of fused-ring (bicyclic) bond motifs is 2. The summed E-state index contributed by atoms with van der Waals surface area (Å²) in [5, 5.41) is 2.81. The van der Waals surface area contributed by atoms with Crippen LogP contribution < -0.4 is 0 Å². The number of benzene rings is 4. The Balaban J connectivity index is 1.84. The molecule has 0 fully saturated rings. The third-order valence-electron chi connectivity index (χ3n) is 5.12. The number of ether oxygens (including phenoxy) is 1. The molecule has 146 valence electrons. The van der Waals surface area contributed by atoms with Crippen molar-refractivity contribution in [3.05, 3.63) is 95.7 Å². The van der Waals surface area contributed by atoms with Crippen molar-refractivity contribution in [2.24, 2.45) is 0 Å². The topological polar surface area (TPSA) is 35.3 Å². The number of rotatable bonds is 4. The fourth-order valence-corrected chi connectivity index (χ4v) is 4.05. The van der Waals surface area contributed by atoms with Gasteiger partial charge in [0.2, 0.25) is 5.89 Å². The third-order valence-corrected chi connectivity index (χ3v) is 5.43. The fourth-order valence-electron chi connectivity index (χ4n) is 3.77. The molecule has 0 spiro atoms. The summed E-state index contributed by atoms with van der Waals surface area (Å²) >= 11 is 6.70. The lowest BCUT2D eigenvalue weighted by molar-refractivity contribution is 0.341. The lowest BCUT2D eigenvalue weighted by atomic mass is 9.92. The van der Waals surface area contributed by atoms with Crippen molar-refractivity contribution in [3.63, 3.8) is 0 Å². The van der Waals surface area contributed by atoms with Crippen molar-refractivity contribution in [1.29, 1.82) is 0 Å².